The fraction of sp³-hybridized carbons (Fsp3) is 0. The highest BCUT2D eigenvalue weighted by Gasteiger charge is 2.23. The molecule has 0 unspecified atom stereocenters. The highest BCUT2D eigenvalue weighted by atomic mass is 32.1. The standard InChI is InChI=1S/C46H25NS2/c1-2-9-30-29(8-1)34-13-7-12-33-28(18-19-35(30)44(33)34)26-16-22-42-38(24-26)39-25-27(17-23-43(39)48-42)47-40-14-5-3-10-31(40)36-20-21-37-32-11-4-6-15-41(32)49-46(37)45(36)47/h1-25H. The van der Waals surface area contributed by atoms with Crippen LogP contribution in [0.15, 0.2) is 152 Å². The van der Waals surface area contributed by atoms with Crippen LogP contribution < -0.4 is 0 Å². The van der Waals surface area contributed by atoms with E-state index >= 15 is 0 Å². The lowest BCUT2D eigenvalue weighted by molar-refractivity contribution is 1.19. The van der Waals surface area contributed by atoms with E-state index in [4.69, 9.17) is 0 Å². The van der Waals surface area contributed by atoms with E-state index in [1.807, 2.05) is 22.7 Å². The molecule has 1 aliphatic carbocycles. The van der Waals surface area contributed by atoms with E-state index in [1.165, 1.54) is 112 Å². The van der Waals surface area contributed by atoms with Gasteiger partial charge < -0.3 is 4.57 Å². The Bertz CT molecular complexity index is 3190. The normalized spacial score (nSPS) is 12.5. The summed E-state index contributed by atoms with van der Waals surface area (Å²) in [7, 11) is 0. The lowest BCUT2D eigenvalue weighted by atomic mass is 9.93. The number of para-hydroxylation sites is 1. The zero-order valence-corrected chi connectivity index (χ0v) is 27.8. The van der Waals surface area contributed by atoms with Crippen LogP contribution in [-0.2, 0) is 0 Å². The van der Waals surface area contributed by atoms with Gasteiger partial charge in [0.15, 0.2) is 0 Å². The van der Waals surface area contributed by atoms with Crippen molar-refractivity contribution in [2.45, 2.75) is 0 Å². The first-order chi connectivity index (χ1) is 24.3. The van der Waals surface area contributed by atoms with E-state index in [0.717, 1.165) is 0 Å². The number of fused-ring (bicyclic) bond motifs is 13. The zero-order chi connectivity index (χ0) is 31.8. The SMILES string of the molecule is c1ccc2c(c1)-c1cccc3c(-c4ccc5sc6ccc(-n7c8ccccc8c8ccc9c%10ccccc%10sc9c87)cc6c5c4)ccc-2c13. The second kappa shape index (κ2) is 9.45. The maximum atomic E-state index is 2.51. The molecule has 0 bridgehead atoms. The third-order valence-corrected chi connectivity index (χ3v) is 13.1. The summed E-state index contributed by atoms with van der Waals surface area (Å²) >= 11 is 3.79. The summed E-state index contributed by atoms with van der Waals surface area (Å²) in [5.74, 6) is 0. The number of hydrogen-bond acceptors (Lipinski definition) is 2. The van der Waals surface area contributed by atoms with Crippen LogP contribution in [0.4, 0.5) is 0 Å². The van der Waals surface area contributed by atoms with Gasteiger partial charge in [-0.2, -0.15) is 0 Å². The Hall–Kier alpha value is -5.74. The molecule has 0 spiro atoms. The first-order valence-electron chi connectivity index (χ1n) is 16.8. The van der Waals surface area contributed by atoms with Crippen molar-refractivity contribution in [3.05, 3.63) is 152 Å². The van der Waals surface area contributed by atoms with Crippen LogP contribution in [-0.4, -0.2) is 4.57 Å². The van der Waals surface area contributed by atoms with Gasteiger partial charge in [0.1, 0.15) is 0 Å². The molecule has 226 valence electrons. The molecule has 3 heteroatoms. The van der Waals surface area contributed by atoms with Gasteiger partial charge in [0.25, 0.3) is 0 Å². The van der Waals surface area contributed by atoms with Gasteiger partial charge >= 0.3 is 0 Å². The van der Waals surface area contributed by atoms with Crippen LogP contribution in [0.2, 0.25) is 0 Å². The van der Waals surface area contributed by atoms with Crippen LogP contribution in [0.3, 0.4) is 0 Å². The maximum Gasteiger partial charge on any atom is 0.0719 e. The minimum atomic E-state index is 1.21. The van der Waals surface area contributed by atoms with Crippen LogP contribution in [0.5, 0.6) is 0 Å². The summed E-state index contributed by atoms with van der Waals surface area (Å²) in [5.41, 5.74) is 11.7. The molecule has 3 heterocycles. The third-order valence-electron chi connectivity index (χ3n) is 10.7. The summed E-state index contributed by atoms with van der Waals surface area (Å²) in [6, 6.07) is 56.8. The lowest BCUT2D eigenvalue weighted by Gasteiger charge is -2.11. The number of hydrogen-bond donors (Lipinski definition) is 0. The number of aromatic nitrogens is 1. The molecule has 1 aliphatic rings. The van der Waals surface area contributed by atoms with Crippen molar-refractivity contribution >= 4 is 95.6 Å². The molecule has 8 aromatic carbocycles. The largest absolute Gasteiger partial charge is 0.308 e. The highest BCUT2D eigenvalue weighted by Crippen LogP contribution is 2.50. The minimum Gasteiger partial charge on any atom is -0.308 e. The molecule has 0 saturated carbocycles. The minimum absolute atomic E-state index is 1.21. The Morgan fingerprint density at radius 1 is 0.367 bits per heavy atom. The monoisotopic (exact) mass is 655 g/mol. The highest BCUT2D eigenvalue weighted by molar-refractivity contribution is 7.26. The van der Waals surface area contributed by atoms with Gasteiger partial charge in [0.2, 0.25) is 0 Å². The summed E-state index contributed by atoms with van der Waals surface area (Å²) in [6.45, 7) is 0. The molecular formula is C46H25NS2. The van der Waals surface area contributed by atoms with E-state index < -0.39 is 0 Å². The van der Waals surface area contributed by atoms with E-state index in [2.05, 4.69) is 156 Å². The average molecular weight is 656 g/mol. The predicted molar refractivity (Wildman–Crippen MR) is 214 cm³/mol. The van der Waals surface area contributed by atoms with Crippen molar-refractivity contribution in [2.24, 2.45) is 0 Å². The quantitative estimate of drug-likeness (QED) is 0.175. The van der Waals surface area contributed by atoms with Gasteiger partial charge in [-0.05, 0) is 86.6 Å². The number of benzene rings is 8. The van der Waals surface area contributed by atoms with Crippen molar-refractivity contribution in [1.29, 1.82) is 0 Å². The van der Waals surface area contributed by atoms with Gasteiger partial charge in [-0.1, -0.05) is 109 Å². The van der Waals surface area contributed by atoms with Gasteiger partial charge in [-0.3, -0.25) is 0 Å². The summed E-state index contributed by atoms with van der Waals surface area (Å²) < 4.78 is 7.83. The van der Waals surface area contributed by atoms with Crippen LogP contribution in [0.25, 0.3) is 112 Å². The Labute approximate surface area is 289 Å². The first kappa shape index (κ1) is 26.2. The van der Waals surface area contributed by atoms with Crippen LogP contribution >= 0.6 is 22.7 Å². The molecule has 0 atom stereocenters. The Morgan fingerprint density at radius 2 is 1.02 bits per heavy atom. The Balaban J connectivity index is 1.10. The van der Waals surface area contributed by atoms with Gasteiger partial charge in [-0.25, -0.2) is 0 Å². The summed E-state index contributed by atoms with van der Waals surface area (Å²) in [4.78, 5) is 0. The summed E-state index contributed by atoms with van der Waals surface area (Å²) in [6.07, 6.45) is 0. The second-order valence-corrected chi connectivity index (χ2v) is 15.4. The van der Waals surface area contributed by atoms with Crippen LogP contribution in [0.1, 0.15) is 0 Å². The molecule has 11 aromatic rings. The molecule has 0 fully saturated rings. The molecule has 3 aromatic heterocycles. The van der Waals surface area contributed by atoms with Crippen molar-refractivity contribution in [3.8, 4) is 39.1 Å². The van der Waals surface area contributed by atoms with E-state index in [-0.39, 0.29) is 0 Å². The van der Waals surface area contributed by atoms with Crippen molar-refractivity contribution in [3.63, 3.8) is 0 Å². The van der Waals surface area contributed by atoms with Crippen molar-refractivity contribution in [1.82, 2.24) is 4.57 Å². The Morgan fingerprint density at radius 3 is 1.92 bits per heavy atom. The third kappa shape index (κ3) is 3.43. The van der Waals surface area contributed by atoms with Crippen molar-refractivity contribution < 1.29 is 0 Å². The molecule has 0 aliphatic heterocycles. The number of thiophene rings is 2. The van der Waals surface area contributed by atoms with Crippen molar-refractivity contribution in [2.75, 3.05) is 0 Å². The van der Waals surface area contributed by atoms with E-state index in [9.17, 15) is 0 Å². The zero-order valence-electron chi connectivity index (χ0n) is 26.2. The van der Waals surface area contributed by atoms with E-state index in [1.54, 1.807) is 0 Å². The second-order valence-electron chi connectivity index (χ2n) is 13.2. The maximum absolute atomic E-state index is 2.51. The fourth-order valence-electron chi connectivity index (χ4n) is 8.63. The molecule has 0 N–H and O–H groups in total. The van der Waals surface area contributed by atoms with E-state index in [0.29, 0.717) is 0 Å². The van der Waals surface area contributed by atoms with Gasteiger partial charge in [-0.15, -0.1) is 22.7 Å². The Kier molecular flexibility index (Phi) is 5.06. The summed E-state index contributed by atoms with van der Waals surface area (Å²) in [5, 5.41) is 10.6. The fourth-order valence-corrected chi connectivity index (χ4v) is 10.9. The molecular weight excluding hydrogens is 631 g/mol. The number of nitrogens with zero attached hydrogens (tertiary/aromatic N) is 1. The smallest absolute Gasteiger partial charge is 0.0719 e. The molecule has 0 amide bonds. The average Bonchev–Trinajstić information content (AvgIpc) is 3.90. The predicted octanol–water partition coefficient (Wildman–Crippen LogP) is 14.0. The molecule has 12 rings (SSSR count). The molecule has 49 heavy (non-hydrogen) atoms. The lowest BCUT2D eigenvalue weighted by Crippen LogP contribution is -1.93. The topological polar surface area (TPSA) is 4.93 Å². The first-order valence-corrected chi connectivity index (χ1v) is 18.4. The molecule has 0 saturated heterocycles. The number of rotatable bonds is 2. The van der Waals surface area contributed by atoms with Gasteiger partial charge in [0, 0.05) is 52.1 Å². The molecule has 1 nitrogen and oxygen atoms in total. The van der Waals surface area contributed by atoms with Crippen LogP contribution in [0, 0.1) is 0 Å². The van der Waals surface area contributed by atoms with Gasteiger partial charge in [0.05, 0.1) is 15.7 Å². The molecule has 0 radical (unpaired) electrons.